The van der Waals surface area contributed by atoms with Crippen LogP contribution in [0.3, 0.4) is 0 Å². The molecule has 1 aliphatic heterocycles. The molecule has 2 amide bonds. The van der Waals surface area contributed by atoms with Crippen LogP contribution in [0.2, 0.25) is 0 Å². The normalized spacial score (nSPS) is 19.6. The fourth-order valence-corrected chi connectivity index (χ4v) is 5.97. The number of nitrogens with two attached hydrogens (primary N) is 1. The lowest BCUT2D eigenvalue weighted by atomic mass is 10.0. The van der Waals surface area contributed by atoms with Crippen molar-refractivity contribution in [2.45, 2.75) is 24.0 Å². The molecule has 1 unspecified atom stereocenters. The van der Waals surface area contributed by atoms with Crippen molar-refractivity contribution in [2.24, 2.45) is 12.8 Å². The van der Waals surface area contributed by atoms with Gasteiger partial charge in [-0.1, -0.05) is 42.1 Å². The third-order valence-electron chi connectivity index (χ3n) is 6.75. The molecule has 5 rings (SSSR count). The molecular weight excluding hydrogens is 484 g/mol. The SMILES string of the molecule is Cn1c(SCC(=O)[N+]2(c3ncccc3-c3ccccc3)CCC[C@H]2C(N)=O)nc2cc(F)c(F)cc21. The van der Waals surface area contributed by atoms with Gasteiger partial charge in [0.1, 0.15) is 5.75 Å². The fraction of sp³-hybridized carbons (Fsp3) is 0.231. The second-order valence-corrected chi connectivity index (χ2v) is 9.73. The minimum absolute atomic E-state index is 0.0310. The highest BCUT2D eigenvalue weighted by Gasteiger charge is 2.54. The number of hydrogen-bond donors (Lipinski definition) is 1. The van der Waals surface area contributed by atoms with Crippen molar-refractivity contribution >= 4 is 40.4 Å². The van der Waals surface area contributed by atoms with Crippen LogP contribution in [0.15, 0.2) is 66.0 Å². The number of hydrogen-bond acceptors (Lipinski definition) is 5. The van der Waals surface area contributed by atoms with E-state index in [9.17, 15) is 18.4 Å². The molecule has 0 aliphatic carbocycles. The van der Waals surface area contributed by atoms with Crippen LogP contribution in [0.25, 0.3) is 22.2 Å². The number of pyridine rings is 1. The van der Waals surface area contributed by atoms with Gasteiger partial charge in [-0.3, -0.25) is 4.79 Å². The molecule has 2 N–H and O–H groups in total. The number of benzene rings is 2. The Morgan fingerprint density at radius 3 is 2.64 bits per heavy atom. The standard InChI is InChI=1S/C26H23F2N5O2S/c1-32-21-14-19(28)18(27)13-20(21)31-26(32)36-15-23(34)33(12-6-10-22(33)24(29)35)25-17(9-5-11-30-25)16-7-3-2-4-8-16/h2-5,7-9,11,13-14,22H,6,10,12,15H2,1H3,(H-,29,35)/p+1/t22-,33?/m0/s1. The summed E-state index contributed by atoms with van der Waals surface area (Å²) >= 11 is 1.15. The van der Waals surface area contributed by atoms with Gasteiger partial charge in [0.05, 0.1) is 23.1 Å². The Morgan fingerprint density at radius 2 is 1.89 bits per heavy atom. The van der Waals surface area contributed by atoms with Crippen LogP contribution >= 0.6 is 11.8 Å². The van der Waals surface area contributed by atoms with Crippen molar-refractivity contribution in [3.8, 4) is 11.1 Å². The molecule has 2 atom stereocenters. The average molecular weight is 509 g/mol. The number of aromatic nitrogens is 3. The van der Waals surface area contributed by atoms with Gasteiger partial charge in [-0.05, 0) is 17.7 Å². The molecule has 184 valence electrons. The van der Waals surface area contributed by atoms with E-state index in [2.05, 4.69) is 9.97 Å². The van der Waals surface area contributed by atoms with E-state index in [0.29, 0.717) is 41.4 Å². The first-order valence-corrected chi connectivity index (χ1v) is 12.5. The van der Waals surface area contributed by atoms with Crippen molar-refractivity contribution in [3.63, 3.8) is 0 Å². The second kappa shape index (κ2) is 9.44. The quantitative estimate of drug-likeness (QED) is 0.312. The number of nitrogens with zero attached hydrogens (tertiary/aromatic N) is 4. The summed E-state index contributed by atoms with van der Waals surface area (Å²) in [4.78, 5) is 35.6. The first-order chi connectivity index (χ1) is 17.3. The Morgan fingerprint density at radius 1 is 1.14 bits per heavy atom. The molecule has 0 saturated carbocycles. The number of carbonyl (C=O) groups excluding carboxylic acids is 2. The summed E-state index contributed by atoms with van der Waals surface area (Å²) in [6.07, 6.45) is 2.73. The maximum atomic E-state index is 14.0. The lowest BCUT2D eigenvalue weighted by Gasteiger charge is -2.35. The second-order valence-electron chi connectivity index (χ2n) is 8.78. The Labute approximate surface area is 210 Å². The Hall–Kier alpha value is -3.63. The summed E-state index contributed by atoms with van der Waals surface area (Å²) in [7, 11) is 1.68. The summed E-state index contributed by atoms with van der Waals surface area (Å²) in [5.74, 6) is -2.28. The largest absolute Gasteiger partial charge is 0.364 e. The smallest absolute Gasteiger partial charge is 0.331 e. The molecule has 7 nitrogen and oxygen atoms in total. The van der Waals surface area contributed by atoms with Crippen molar-refractivity contribution in [1.82, 2.24) is 19.0 Å². The van der Waals surface area contributed by atoms with E-state index in [1.54, 1.807) is 23.9 Å². The molecule has 36 heavy (non-hydrogen) atoms. The topological polar surface area (TPSA) is 90.9 Å². The summed E-state index contributed by atoms with van der Waals surface area (Å²) in [5, 5.41) is 0.431. The van der Waals surface area contributed by atoms with Crippen LogP contribution in [0.5, 0.6) is 0 Å². The van der Waals surface area contributed by atoms with Gasteiger partial charge in [-0.15, -0.1) is 0 Å². The minimum Gasteiger partial charge on any atom is -0.364 e. The number of likely N-dealkylation sites (tertiary alicyclic amines) is 1. The van der Waals surface area contributed by atoms with Gasteiger partial charge in [-0.25, -0.2) is 28.0 Å². The highest BCUT2D eigenvalue weighted by atomic mass is 32.2. The molecule has 1 saturated heterocycles. The zero-order valence-corrected chi connectivity index (χ0v) is 20.3. The van der Waals surface area contributed by atoms with E-state index in [1.807, 2.05) is 36.4 Å². The molecule has 1 aliphatic rings. The lowest BCUT2D eigenvalue weighted by molar-refractivity contribution is -0.134. The van der Waals surface area contributed by atoms with Crippen LogP contribution in [0.1, 0.15) is 12.8 Å². The van der Waals surface area contributed by atoms with Gasteiger partial charge in [0.25, 0.3) is 5.91 Å². The first-order valence-electron chi connectivity index (χ1n) is 11.5. The number of halogens is 2. The van der Waals surface area contributed by atoms with Crippen LogP contribution in [0, 0.1) is 11.6 Å². The number of carbonyl (C=O) groups is 2. The van der Waals surface area contributed by atoms with Crippen molar-refractivity contribution in [3.05, 3.63) is 72.4 Å². The molecule has 0 radical (unpaired) electrons. The van der Waals surface area contributed by atoms with E-state index < -0.39 is 23.6 Å². The van der Waals surface area contributed by atoms with E-state index in [1.165, 1.54) is 0 Å². The monoisotopic (exact) mass is 508 g/mol. The van der Waals surface area contributed by atoms with Crippen LogP contribution in [-0.4, -0.2) is 44.7 Å². The van der Waals surface area contributed by atoms with Crippen LogP contribution < -0.4 is 10.2 Å². The van der Waals surface area contributed by atoms with Gasteiger partial charge < -0.3 is 10.3 Å². The van der Waals surface area contributed by atoms with Gasteiger partial charge in [0.2, 0.25) is 5.82 Å². The Kier molecular flexibility index (Phi) is 6.31. The lowest BCUT2D eigenvalue weighted by Crippen LogP contribution is -2.63. The van der Waals surface area contributed by atoms with Gasteiger partial charge in [0, 0.05) is 38.2 Å². The maximum Gasteiger partial charge on any atom is 0.331 e. The highest BCUT2D eigenvalue weighted by Crippen LogP contribution is 2.41. The van der Waals surface area contributed by atoms with Gasteiger partial charge >= 0.3 is 5.91 Å². The van der Waals surface area contributed by atoms with Crippen molar-refractivity contribution in [2.75, 3.05) is 12.3 Å². The number of quaternary nitrogens is 1. The minimum atomic E-state index is -0.984. The summed E-state index contributed by atoms with van der Waals surface area (Å²) in [5.41, 5.74) is 8.17. The van der Waals surface area contributed by atoms with E-state index in [-0.39, 0.29) is 16.1 Å². The molecular formula is C26H24F2N5O2S+. The molecule has 0 bridgehead atoms. The molecule has 4 aromatic rings. The van der Waals surface area contributed by atoms with E-state index in [4.69, 9.17) is 5.73 Å². The number of aryl methyl sites for hydroxylation is 1. The number of thioether (sulfide) groups is 1. The zero-order valence-electron chi connectivity index (χ0n) is 19.5. The highest BCUT2D eigenvalue weighted by molar-refractivity contribution is 7.99. The molecule has 2 aromatic heterocycles. The molecule has 3 heterocycles. The first kappa shape index (κ1) is 24.1. The molecule has 2 aromatic carbocycles. The van der Waals surface area contributed by atoms with Crippen molar-refractivity contribution < 1.29 is 18.4 Å². The third-order valence-corrected chi connectivity index (χ3v) is 7.76. The predicted molar refractivity (Wildman–Crippen MR) is 135 cm³/mol. The number of rotatable bonds is 6. The fourth-order valence-electron chi connectivity index (χ4n) is 5.03. The average Bonchev–Trinajstić information content (AvgIpc) is 3.46. The molecule has 0 spiro atoms. The number of imidazole rings is 1. The summed E-state index contributed by atoms with van der Waals surface area (Å²) in [6, 6.07) is 14.6. The van der Waals surface area contributed by atoms with E-state index >= 15 is 0 Å². The summed E-state index contributed by atoms with van der Waals surface area (Å²) < 4.78 is 28.8. The van der Waals surface area contributed by atoms with Gasteiger partial charge in [0.15, 0.2) is 22.8 Å². The Bertz CT molecular complexity index is 1480. The number of fused-ring (bicyclic) bond motifs is 1. The summed E-state index contributed by atoms with van der Waals surface area (Å²) in [6.45, 7) is 0.392. The van der Waals surface area contributed by atoms with Crippen LogP contribution in [-0.2, 0) is 16.6 Å². The third kappa shape index (κ3) is 3.96. The van der Waals surface area contributed by atoms with E-state index in [0.717, 1.165) is 35.0 Å². The zero-order chi connectivity index (χ0) is 25.4. The molecule has 1 fully saturated rings. The predicted octanol–water partition coefficient (Wildman–Crippen LogP) is 4.19. The number of amides is 2. The van der Waals surface area contributed by atoms with Gasteiger partial charge in [-0.2, -0.15) is 0 Å². The van der Waals surface area contributed by atoms with Crippen LogP contribution in [0.4, 0.5) is 14.6 Å². The Balaban J connectivity index is 1.55. The maximum absolute atomic E-state index is 14.0. The van der Waals surface area contributed by atoms with Crippen molar-refractivity contribution in [1.29, 1.82) is 0 Å². The molecule has 10 heteroatoms. The number of primary amides is 1.